The molecule has 64 valence electrons. The van der Waals surface area contributed by atoms with Crippen LogP contribution in [0.5, 0.6) is 0 Å². The molecule has 11 heavy (non-hydrogen) atoms. The lowest BCUT2D eigenvalue weighted by Gasteiger charge is -2.05. The van der Waals surface area contributed by atoms with Crippen LogP contribution in [0, 0.1) is 5.92 Å². The van der Waals surface area contributed by atoms with E-state index in [0.29, 0.717) is 28.9 Å². The van der Waals surface area contributed by atoms with E-state index in [-0.39, 0.29) is 0 Å². The van der Waals surface area contributed by atoms with Crippen LogP contribution < -0.4 is 0 Å². The van der Waals surface area contributed by atoms with Gasteiger partial charge in [0.05, 0.1) is 13.2 Å². The number of hydrogen-bond acceptors (Lipinski definition) is 2. The molecule has 0 unspecified atom stereocenters. The number of hydrogen-bond donors (Lipinski definition) is 0. The lowest BCUT2D eigenvalue weighted by atomic mass is 10.2. The Morgan fingerprint density at radius 3 is 2.73 bits per heavy atom. The standard InChI is InChI=1S/C8H16O2Si/c1-4-11-10-6-5-9-7-8(2)3/h4,8H,1,5-7H2,2-3H3. The molecule has 0 aromatic rings. The van der Waals surface area contributed by atoms with E-state index in [1.165, 1.54) is 0 Å². The summed E-state index contributed by atoms with van der Waals surface area (Å²) in [6.45, 7) is 10.0. The summed E-state index contributed by atoms with van der Waals surface area (Å²) in [5.74, 6) is 0.608. The molecule has 0 aromatic carbocycles. The average molecular weight is 172 g/mol. The Bertz CT molecular complexity index is 94.1. The second-order valence-electron chi connectivity index (χ2n) is 2.64. The predicted octanol–water partition coefficient (Wildman–Crippen LogP) is 1.44. The molecule has 2 radical (unpaired) electrons. The molecule has 0 heterocycles. The van der Waals surface area contributed by atoms with Crippen molar-refractivity contribution in [3.05, 3.63) is 12.3 Å². The number of ether oxygens (including phenoxy) is 1. The van der Waals surface area contributed by atoms with Gasteiger partial charge < -0.3 is 9.16 Å². The van der Waals surface area contributed by atoms with Gasteiger partial charge in [-0.1, -0.05) is 19.5 Å². The van der Waals surface area contributed by atoms with E-state index in [1.54, 1.807) is 5.70 Å². The van der Waals surface area contributed by atoms with E-state index in [1.807, 2.05) is 0 Å². The molecule has 0 saturated carbocycles. The van der Waals surface area contributed by atoms with Crippen molar-refractivity contribution < 1.29 is 9.16 Å². The van der Waals surface area contributed by atoms with Crippen molar-refractivity contribution in [1.29, 1.82) is 0 Å². The SMILES string of the molecule is C=C[Si]OCCOCC(C)C. The zero-order valence-electron chi connectivity index (χ0n) is 7.30. The molecule has 0 spiro atoms. The Kier molecular flexibility index (Phi) is 7.89. The second-order valence-corrected chi connectivity index (χ2v) is 3.57. The Hall–Kier alpha value is -0.123. The third-order valence-electron chi connectivity index (χ3n) is 0.948. The smallest absolute Gasteiger partial charge is 0.260 e. The minimum Gasteiger partial charge on any atom is -0.410 e. The van der Waals surface area contributed by atoms with E-state index in [9.17, 15) is 0 Å². The fourth-order valence-corrected chi connectivity index (χ4v) is 0.857. The van der Waals surface area contributed by atoms with Crippen molar-refractivity contribution >= 4 is 9.76 Å². The third kappa shape index (κ3) is 9.88. The summed E-state index contributed by atoms with van der Waals surface area (Å²) in [7, 11) is 0.405. The Morgan fingerprint density at radius 2 is 2.18 bits per heavy atom. The first-order chi connectivity index (χ1) is 5.27. The second kappa shape index (κ2) is 7.98. The van der Waals surface area contributed by atoms with E-state index < -0.39 is 0 Å². The molecule has 0 atom stereocenters. The molecule has 0 aromatic heterocycles. The van der Waals surface area contributed by atoms with E-state index in [4.69, 9.17) is 9.16 Å². The third-order valence-corrected chi connectivity index (χ3v) is 1.49. The summed E-state index contributed by atoms with van der Waals surface area (Å²) in [5.41, 5.74) is 1.77. The summed E-state index contributed by atoms with van der Waals surface area (Å²) >= 11 is 0. The van der Waals surface area contributed by atoms with Crippen LogP contribution in [0.25, 0.3) is 0 Å². The lowest BCUT2D eigenvalue weighted by Crippen LogP contribution is -2.09. The highest BCUT2D eigenvalue weighted by molar-refractivity contribution is 6.33. The highest BCUT2D eigenvalue weighted by Gasteiger charge is 1.92. The fraction of sp³-hybridized carbons (Fsp3) is 0.750. The van der Waals surface area contributed by atoms with Crippen LogP contribution in [-0.4, -0.2) is 29.6 Å². The van der Waals surface area contributed by atoms with Crippen molar-refractivity contribution in [2.75, 3.05) is 19.8 Å². The van der Waals surface area contributed by atoms with Crippen molar-refractivity contribution in [2.45, 2.75) is 13.8 Å². The summed E-state index contributed by atoms with van der Waals surface area (Å²) in [6, 6.07) is 0. The Labute approximate surface area is 71.5 Å². The zero-order chi connectivity index (χ0) is 8.53. The lowest BCUT2D eigenvalue weighted by molar-refractivity contribution is 0.0835. The van der Waals surface area contributed by atoms with Gasteiger partial charge in [0, 0.05) is 6.61 Å². The molecule has 0 N–H and O–H groups in total. The minimum absolute atomic E-state index is 0.405. The van der Waals surface area contributed by atoms with Crippen molar-refractivity contribution in [3.63, 3.8) is 0 Å². The molecule has 3 heteroatoms. The first kappa shape index (κ1) is 10.9. The first-order valence-electron chi connectivity index (χ1n) is 3.83. The van der Waals surface area contributed by atoms with E-state index in [0.717, 1.165) is 6.61 Å². The van der Waals surface area contributed by atoms with E-state index >= 15 is 0 Å². The maximum absolute atomic E-state index is 5.29. The summed E-state index contributed by atoms with van der Waals surface area (Å²) in [5, 5.41) is 0. The molecule has 0 fully saturated rings. The molecular formula is C8H16O2Si. The molecular weight excluding hydrogens is 156 g/mol. The maximum atomic E-state index is 5.29. The summed E-state index contributed by atoms with van der Waals surface area (Å²) in [4.78, 5) is 0. The van der Waals surface area contributed by atoms with Crippen molar-refractivity contribution in [1.82, 2.24) is 0 Å². The van der Waals surface area contributed by atoms with Crippen LogP contribution in [-0.2, 0) is 9.16 Å². The zero-order valence-corrected chi connectivity index (χ0v) is 8.30. The molecule has 0 rings (SSSR count). The van der Waals surface area contributed by atoms with Gasteiger partial charge in [0.25, 0.3) is 9.76 Å². The average Bonchev–Trinajstić information content (AvgIpc) is 1.96. The molecule has 0 saturated heterocycles. The van der Waals surface area contributed by atoms with E-state index in [2.05, 4.69) is 20.4 Å². The van der Waals surface area contributed by atoms with Gasteiger partial charge in [-0.3, -0.25) is 0 Å². The van der Waals surface area contributed by atoms with Crippen LogP contribution in [0.4, 0.5) is 0 Å². The molecule has 2 nitrogen and oxygen atoms in total. The minimum atomic E-state index is 0.405. The van der Waals surface area contributed by atoms with Crippen LogP contribution >= 0.6 is 0 Å². The fourth-order valence-electron chi connectivity index (χ4n) is 0.537. The normalized spacial score (nSPS) is 10.5. The van der Waals surface area contributed by atoms with Gasteiger partial charge in [0.2, 0.25) is 0 Å². The van der Waals surface area contributed by atoms with Gasteiger partial charge in [0.15, 0.2) is 0 Å². The largest absolute Gasteiger partial charge is 0.410 e. The van der Waals surface area contributed by atoms with Crippen LogP contribution in [0.3, 0.4) is 0 Å². The Morgan fingerprint density at radius 1 is 1.45 bits per heavy atom. The van der Waals surface area contributed by atoms with Gasteiger partial charge in [-0.05, 0) is 5.92 Å². The molecule has 0 aliphatic heterocycles. The highest BCUT2D eigenvalue weighted by Crippen LogP contribution is 1.91. The summed E-state index contributed by atoms with van der Waals surface area (Å²) in [6.07, 6.45) is 0. The van der Waals surface area contributed by atoms with Gasteiger partial charge in [0.1, 0.15) is 0 Å². The first-order valence-corrected chi connectivity index (χ1v) is 4.82. The van der Waals surface area contributed by atoms with Crippen molar-refractivity contribution in [2.24, 2.45) is 5.92 Å². The van der Waals surface area contributed by atoms with Gasteiger partial charge in [-0.25, -0.2) is 0 Å². The molecule has 0 bridgehead atoms. The van der Waals surface area contributed by atoms with Crippen LogP contribution in [0.2, 0.25) is 0 Å². The quantitative estimate of drug-likeness (QED) is 0.427. The number of rotatable bonds is 7. The highest BCUT2D eigenvalue weighted by atomic mass is 28.2. The molecule has 0 aliphatic carbocycles. The van der Waals surface area contributed by atoms with Crippen molar-refractivity contribution in [3.8, 4) is 0 Å². The summed E-state index contributed by atoms with van der Waals surface area (Å²) < 4.78 is 10.4. The molecule has 0 amide bonds. The van der Waals surface area contributed by atoms with Gasteiger partial charge in [-0.15, -0.1) is 6.58 Å². The Balaban J connectivity index is 2.85. The van der Waals surface area contributed by atoms with Gasteiger partial charge >= 0.3 is 0 Å². The monoisotopic (exact) mass is 172 g/mol. The van der Waals surface area contributed by atoms with Crippen LogP contribution in [0.15, 0.2) is 12.3 Å². The molecule has 0 aliphatic rings. The topological polar surface area (TPSA) is 18.5 Å². The van der Waals surface area contributed by atoms with Crippen LogP contribution in [0.1, 0.15) is 13.8 Å². The maximum Gasteiger partial charge on any atom is 0.260 e. The van der Waals surface area contributed by atoms with Gasteiger partial charge in [-0.2, -0.15) is 0 Å². The predicted molar refractivity (Wildman–Crippen MR) is 47.6 cm³/mol.